The summed E-state index contributed by atoms with van der Waals surface area (Å²) in [5, 5.41) is 17.5. The quantitative estimate of drug-likeness (QED) is 0.731. The maximum absolute atomic E-state index is 12.2. The van der Waals surface area contributed by atoms with Gasteiger partial charge in [0, 0.05) is 11.1 Å². The van der Waals surface area contributed by atoms with Gasteiger partial charge in [0.05, 0.1) is 17.2 Å². The van der Waals surface area contributed by atoms with E-state index in [0.29, 0.717) is 6.42 Å². The van der Waals surface area contributed by atoms with Crippen LogP contribution in [0.4, 0.5) is 0 Å². The third kappa shape index (κ3) is 3.83. The number of aromatic carboxylic acids is 1. The number of hydrogen-bond acceptors (Lipinski definition) is 4. The van der Waals surface area contributed by atoms with E-state index in [1.165, 1.54) is 0 Å². The molecule has 0 bridgehead atoms. The Morgan fingerprint density at radius 1 is 1.40 bits per heavy atom. The monoisotopic (exact) mass is 341 g/mol. The molecular weight excluding hydrogens is 329 g/mol. The maximum atomic E-state index is 12.2. The van der Waals surface area contributed by atoms with Crippen molar-refractivity contribution in [3.8, 4) is 0 Å². The van der Waals surface area contributed by atoms with Crippen molar-refractivity contribution in [3.05, 3.63) is 27.7 Å². The number of nitrogens with one attached hydrogen (secondary N) is 1. The summed E-state index contributed by atoms with van der Waals surface area (Å²) in [6, 6.07) is 1.43. The molecule has 1 aromatic rings. The summed E-state index contributed by atoms with van der Waals surface area (Å²) in [5.74, 6) is -1.39. The van der Waals surface area contributed by atoms with E-state index in [1.54, 1.807) is 6.92 Å². The summed E-state index contributed by atoms with van der Waals surface area (Å²) in [4.78, 5) is 10.6. The van der Waals surface area contributed by atoms with Gasteiger partial charge < -0.3 is 10.2 Å². The lowest BCUT2D eigenvalue weighted by molar-refractivity contribution is 0.0697. The van der Waals surface area contributed by atoms with Gasteiger partial charge in [0.15, 0.2) is 0 Å². The van der Waals surface area contributed by atoms with E-state index in [-0.39, 0.29) is 11.6 Å². The molecule has 1 rings (SSSR count). The van der Waals surface area contributed by atoms with Crippen LogP contribution in [-0.4, -0.2) is 37.2 Å². The van der Waals surface area contributed by atoms with Crippen LogP contribution in [0.25, 0.3) is 0 Å². The molecule has 1 aromatic carbocycles. The van der Waals surface area contributed by atoms with Crippen LogP contribution in [0.15, 0.2) is 17.0 Å². The zero-order valence-electron chi connectivity index (χ0n) is 10.4. The van der Waals surface area contributed by atoms with Crippen molar-refractivity contribution in [2.24, 2.45) is 0 Å². The van der Waals surface area contributed by atoms with Crippen LogP contribution in [-0.2, 0) is 10.0 Å². The first-order valence-electron chi connectivity index (χ1n) is 5.58. The Morgan fingerprint density at radius 3 is 2.45 bits per heavy atom. The average Bonchev–Trinajstić information content (AvgIpc) is 2.37. The van der Waals surface area contributed by atoms with Crippen molar-refractivity contribution >= 4 is 39.2 Å². The Bertz CT molecular complexity index is 613. The molecule has 0 fully saturated rings. The largest absolute Gasteiger partial charge is 0.478 e. The zero-order valence-corrected chi connectivity index (χ0v) is 12.8. The highest BCUT2D eigenvalue weighted by Gasteiger charge is 2.25. The van der Waals surface area contributed by atoms with Gasteiger partial charge in [-0.3, -0.25) is 0 Å². The second-order valence-corrected chi connectivity index (χ2v) is 6.48. The lowest BCUT2D eigenvalue weighted by Gasteiger charge is -2.16. The highest BCUT2D eigenvalue weighted by atomic mass is 35.5. The number of carboxylic acid groups (broad SMARTS) is 1. The summed E-state index contributed by atoms with van der Waals surface area (Å²) in [6.07, 6.45) is 0.361. The van der Waals surface area contributed by atoms with Gasteiger partial charge in [0.2, 0.25) is 10.0 Å². The van der Waals surface area contributed by atoms with E-state index in [9.17, 15) is 13.2 Å². The van der Waals surface area contributed by atoms with Gasteiger partial charge in [-0.05, 0) is 18.6 Å². The van der Waals surface area contributed by atoms with Crippen molar-refractivity contribution in [3.63, 3.8) is 0 Å². The molecule has 1 atom stereocenters. The van der Waals surface area contributed by atoms with E-state index >= 15 is 0 Å². The molecular formula is C11H13Cl2NO5S. The summed E-state index contributed by atoms with van der Waals surface area (Å²) in [7, 11) is -4.08. The SMILES string of the molecule is CC[C@@H](CO)NS(=O)(=O)c1cc(Cl)cc(C(=O)O)c1Cl. The van der Waals surface area contributed by atoms with E-state index < -0.39 is 37.5 Å². The van der Waals surface area contributed by atoms with Crippen molar-refractivity contribution in [1.82, 2.24) is 4.72 Å². The maximum Gasteiger partial charge on any atom is 0.337 e. The van der Waals surface area contributed by atoms with Gasteiger partial charge in [-0.15, -0.1) is 0 Å². The minimum atomic E-state index is -4.08. The van der Waals surface area contributed by atoms with Crippen molar-refractivity contribution in [2.75, 3.05) is 6.61 Å². The summed E-state index contributed by atoms with van der Waals surface area (Å²) in [5.41, 5.74) is -0.406. The minimum absolute atomic E-state index is 0.0655. The van der Waals surface area contributed by atoms with Gasteiger partial charge >= 0.3 is 5.97 Å². The Balaban J connectivity index is 3.35. The van der Waals surface area contributed by atoms with Crippen molar-refractivity contribution in [2.45, 2.75) is 24.3 Å². The zero-order chi connectivity index (χ0) is 15.5. The van der Waals surface area contributed by atoms with Gasteiger partial charge in [0.1, 0.15) is 4.90 Å². The van der Waals surface area contributed by atoms with E-state index in [0.717, 1.165) is 12.1 Å². The van der Waals surface area contributed by atoms with Gasteiger partial charge in [0.25, 0.3) is 0 Å². The molecule has 0 saturated carbocycles. The minimum Gasteiger partial charge on any atom is -0.478 e. The van der Waals surface area contributed by atoms with E-state index in [1.807, 2.05) is 0 Å². The van der Waals surface area contributed by atoms with Crippen LogP contribution in [0.5, 0.6) is 0 Å². The highest BCUT2D eigenvalue weighted by Crippen LogP contribution is 2.29. The molecule has 0 aliphatic heterocycles. The van der Waals surface area contributed by atoms with Crippen LogP contribution in [0.2, 0.25) is 10.0 Å². The van der Waals surface area contributed by atoms with Crippen LogP contribution < -0.4 is 4.72 Å². The fourth-order valence-corrected chi connectivity index (χ4v) is 3.66. The average molecular weight is 342 g/mol. The van der Waals surface area contributed by atoms with E-state index in [4.69, 9.17) is 33.4 Å². The molecule has 20 heavy (non-hydrogen) atoms. The molecule has 0 spiro atoms. The molecule has 0 amide bonds. The van der Waals surface area contributed by atoms with Crippen LogP contribution in [0.1, 0.15) is 23.7 Å². The standard InChI is InChI=1S/C11H13Cl2NO5S/c1-2-7(5-15)14-20(18,19)9-4-6(12)3-8(10(9)13)11(16)17/h3-4,7,14-15H,2,5H2,1H3,(H,16,17)/t7-/m0/s1. The fraction of sp³-hybridized carbons (Fsp3) is 0.364. The van der Waals surface area contributed by atoms with Crippen molar-refractivity contribution in [1.29, 1.82) is 0 Å². The van der Waals surface area contributed by atoms with Gasteiger partial charge in [-0.1, -0.05) is 30.1 Å². The van der Waals surface area contributed by atoms with E-state index in [2.05, 4.69) is 4.72 Å². The number of halogens is 2. The molecule has 0 unspecified atom stereocenters. The fourth-order valence-electron chi connectivity index (χ4n) is 1.45. The first-order valence-corrected chi connectivity index (χ1v) is 7.82. The normalized spacial score (nSPS) is 13.2. The summed E-state index contributed by atoms with van der Waals surface area (Å²) in [6.45, 7) is 1.30. The molecule has 3 N–H and O–H groups in total. The second kappa shape index (κ2) is 6.73. The molecule has 0 aromatic heterocycles. The molecule has 0 aliphatic rings. The molecule has 0 heterocycles. The first kappa shape index (κ1) is 17.2. The Labute approximate surface area is 126 Å². The number of aliphatic hydroxyl groups excluding tert-OH is 1. The van der Waals surface area contributed by atoms with Crippen molar-refractivity contribution < 1.29 is 23.4 Å². The Kier molecular flexibility index (Phi) is 5.79. The number of aliphatic hydroxyl groups is 1. The number of carbonyl (C=O) groups is 1. The first-order chi connectivity index (χ1) is 9.22. The van der Waals surface area contributed by atoms with Gasteiger partial charge in [-0.25, -0.2) is 17.9 Å². The number of rotatable bonds is 6. The molecule has 0 aliphatic carbocycles. The van der Waals surface area contributed by atoms with Crippen LogP contribution in [0, 0.1) is 0 Å². The predicted molar refractivity (Wildman–Crippen MR) is 74.9 cm³/mol. The Hall–Kier alpha value is -0.860. The lowest BCUT2D eigenvalue weighted by Crippen LogP contribution is -2.37. The lowest BCUT2D eigenvalue weighted by atomic mass is 10.2. The number of hydrogen-bond donors (Lipinski definition) is 3. The topological polar surface area (TPSA) is 104 Å². The van der Waals surface area contributed by atoms with Crippen LogP contribution >= 0.6 is 23.2 Å². The molecule has 0 radical (unpaired) electrons. The third-order valence-corrected chi connectivity index (χ3v) is 4.84. The molecule has 112 valence electrons. The predicted octanol–water partition coefficient (Wildman–Crippen LogP) is 1.74. The van der Waals surface area contributed by atoms with Gasteiger partial charge in [-0.2, -0.15) is 0 Å². The number of sulfonamides is 1. The number of benzene rings is 1. The second-order valence-electron chi connectivity index (χ2n) is 3.98. The third-order valence-electron chi connectivity index (χ3n) is 2.56. The molecule has 9 heteroatoms. The smallest absolute Gasteiger partial charge is 0.337 e. The molecule has 6 nitrogen and oxygen atoms in total. The highest BCUT2D eigenvalue weighted by molar-refractivity contribution is 7.89. The summed E-state index contributed by atoms with van der Waals surface area (Å²) < 4.78 is 26.5. The number of carboxylic acids is 1. The van der Waals surface area contributed by atoms with Crippen LogP contribution in [0.3, 0.4) is 0 Å². The Morgan fingerprint density at radius 2 is 2.00 bits per heavy atom. The molecule has 0 saturated heterocycles. The summed E-state index contributed by atoms with van der Waals surface area (Å²) >= 11 is 11.5.